The van der Waals surface area contributed by atoms with E-state index in [9.17, 15) is 52.6 Å². The number of benzene rings is 1. The quantitative estimate of drug-likeness (QED) is 0.0250. The predicted octanol–water partition coefficient (Wildman–Crippen LogP) is -5.32. The number of nitrogens with one attached hydrogen (secondary N) is 1. The van der Waals surface area contributed by atoms with Gasteiger partial charge in [-0.25, -0.2) is 8.42 Å². The number of rotatable bonds is 17. The van der Waals surface area contributed by atoms with E-state index in [1.807, 2.05) is 0 Å². The Morgan fingerprint density at radius 2 is 1.60 bits per heavy atom. The van der Waals surface area contributed by atoms with Gasteiger partial charge in [0.15, 0.2) is 18.3 Å². The number of anilines is 1. The second kappa shape index (κ2) is 18.7. The molecule has 3 heterocycles. The molecule has 2 amide bonds. The number of thioether (sulfide) groups is 1. The average molecular weight is 799 g/mol. The number of amides is 2. The van der Waals surface area contributed by atoms with Gasteiger partial charge in [-0.3, -0.25) is 28.3 Å². The summed E-state index contributed by atoms with van der Waals surface area (Å²) in [4.78, 5) is 50.8. The third kappa shape index (κ3) is 9.50. The van der Waals surface area contributed by atoms with Crippen LogP contribution in [0.15, 0.2) is 33.9 Å². The monoisotopic (exact) mass is 798 g/mol. The molecule has 3 aliphatic heterocycles. The first-order valence-corrected chi connectivity index (χ1v) is 18.8. The summed E-state index contributed by atoms with van der Waals surface area (Å²) in [5.41, 5.74) is -1.31. The Labute approximate surface area is 329 Å². The van der Waals surface area contributed by atoms with Crippen LogP contribution in [0.1, 0.15) is 41.0 Å². The molecular formula is C31H39N2NaO17S2. The third-order valence-electron chi connectivity index (χ3n) is 8.67. The van der Waals surface area contributed by atoms with Crippen LogP contribution in [0.25, 0.3) is 0 Å². The van der Waals surface area contributed by atoms with E-state index in [4.69, 9.17) is 23.7 Å². The van der Waals surface area contributed by atoms with Crippen LogP contribution in [0, 0.1) is 0 Å². The number of hydrogen-bond donors (Lipinski definition) is 5. The van der Waals surface area contributed by atoms with Crippen molar-refractivity contribution in [1.82, 2.24) is 4.90 Å². The largest absolute Gasteiger partial charge is 1.00 e. The molecular weight excluding hydrogens is 759 g/mol. The predicted molar refractivity (Wildman–Crippen MR) is 177 cm³/mol. The second-order valence-electron chi connectivity index (χ2n) is 12.1. The van der Waals surface area contributed by atoms with E-state index in [-0.39, 0.29) is 65.3 Å². The van der Waals surface area contributed by atoms with E-state index < -0.39 is 101 Å². The zero-order chi connectivity index (χ0) is 37.9. The molecule has 53 heavy (non-hydrogen) atoms. The van der Waals surface area contributed by atoms with E-state index in [1.165, 1.54) is 43.0 Å². The first-order chi connectivity index (χ1) is 24.7. The molecule has 0 spiro atoms. The summed E-state index contributed by atoms with van der Waals surface area (Å²) in [6.45, 7) is 2.89. The average Bonchev–Trinajstić information content (AvgIpc) is 3.36. The zero-order valence-electron chi connectivity index (χ0n) is 28.9. The molecule has 0 bridgehead atoms. The molecule has 0 aromatic heterocycles. The van der Waals surface area contributed by atoms with Gasteiger partial charge in [-0.1, -0.05) is 12.1 Å². The molecule has 2 saturated heterocycles. The van der Waals surface area contributed by atoms with Gasteiger partial charge in [-0.05, 0) is 38.2 Å². The van der Waals surface area contributed by atoms with Gasteiger partial charge in [0, 0.05) is 12.3 Å². The summed E-state index contributed by atoms with van der Waals surface area (Å²) in [6, 6.07) is 3.60. The van der Waals surface area contributed by atoms with Gasteiger partial charge in [0.2, 0.25) is 10.4 Å². The molecule has 2 aromatic carbocycles. The Hall–Kier alpha value is -2.06. The fraction of sp³-hybridized carbons (Fsp3) is 0.613. The van der Waals surface area contributed by atoms with Gasteiger partial charge >= 0.3 is 29.6 Å². The van der Waals surface area contributed by atoms with Gasteiger partial charge < -0.3 is 54.0 Å². The van der Waals surface area contributed by atoms with Crippen LogP contribution < -0.4 is 50.5 Å². The van der Waals surface area contributed by atoms with Crippen molar-refractivity contribution < 1.29 is 100 Å². The number of carbonyl (C=O) groups is 2. The Balaban J connectivity index is 0.00000627. The van der Waals surface area contributed by atoms with Crippen molar-refractivity contribution in [3.05, 3.63) is 55.8 Å². The SMILES string of the molecule is CCOc1c(NCCSCCCO[C@@H]2O[C@@H](C)[C@@H](O)[C@@H](O[C@@H]3O[C@H](CO)[C@@H](O)[C@H](OS(=O)(=O)[O-])[C@H]3N3C(=O)c4ccccc4C3=O)[C@@H]2O)c(=O)c1=O.[Na+]. The van der Waals surface area contributed by atoms with Crippen molar-refractivity contribution in [3.8, 4) is 5.75 Å². The third-order valence-corrected chi connectivity index (χ3v) is 10.2. The van der Waals surface area contributed by atoms with Gasteiger partial charge in [0.1, 0.15) is 48.4 Å². The van der Waals surface area contributed by atoms with Crippen molar-refractivity contribution in [2.45, 2.75) is 81.6 Å². The number of ether oxygens (including phenoxy) is 5. The zero-order valence-corrected chi connectivity index (χ0v) is 32.5. The number of aliphatic hydroxyl groups excluding tert-OH is 4. The van der Waals surface area contributed by atoms with Crippen LogP contribution in [0.2, 0.25) is 0 Å². The maximum atomic E-state index is 13.5. The first-order valence-electron chi connectivity index (χ1n) is 16.3. The van der Waals surface area contributed by atoms with Gasteiger partial charge in [-0.15, -0.1) is 0 Å². The molecule has 19 nitrogen and oxygen atoms in total. The number of aliphatic hydroxyl groups is 4. The Morgan fingerprint density at radius 1 is 0.943 bits per heavy atom. The number of fused-ring (bicyclic) bond motifs is 1. The summed E-state index contributed by atoms with van der Waals surface area (Å²) < 4.78 is 68.2. The van der Waals surface area contributed by atoms with E-state index in [2.05, 4.69) is 9.50 Å². The molecule has 5 rings (SSSR count). The summed E-state index contributed by atoms with van der Waals surface area (Å²) in [5, 5.41) is 46.0. The molecule has 22 heteroatoms. The first kappa shape index (κ1) is 43.7. The smallest absolute Gasteiger partial charge is 0.726 e. The molecule has 0 aliphatic carbocycles. The van der Waals surface area contributed by atoms with Gasteiger partial charge in [0.05, 0.1) is 37.1 Å². The van der Waals surface area contributed by atoms with Gasteiger partial charge in [0.25, 0.3) is 22.7 Å². The number of nitrogens with zero attached hydrogens (tertiary/aromatic N) is 1. The van der Waals surface area contributed by atoms with Crippen LogP contribution in [-0.2, 0) is 33.5 Å². The standard InChI is InChI=1S/C31H40N2O17S2.Na/c1-3-45-25-18(22(37)23(25)38)32-9-12-51-11-6-10-46-31-24(39)27(20(35)14(2)47-31)49-30-19(26(50-52(42,43)44)21(36)17(13-34)48-30)33-28(40)15-7-4-5-8-16(15)29(33)41;/h4-5,7-8,14,17,19-21,24,26-27,30-32,34-36,39H,3,6,9-13H2,1-2H3,(H,42,43,44);/q;+1/p-1/t14-,17+,19+,20+,21+,24-,26+,27+,30-,31+;/m0./s1. The molecule has 288 valence electrons. The molecule has 0 radical (unpaired) electrons. The molecule has 5 N–H and O–H groups in total. The second-order valence-corrected chi connectivity index (χ2v) is 14.3. The van der Waals surface area contributed by atoms with Crippen molar-refractivity contribution in [2.24, 2.45) is 0 Å². The Bertz CT molecular complexity index is 1740. The Morgan fingerprint density at radius 3 is 2.21 bits per heavy atom. The Kier molecular flexibility index (Phi) is 15.4. The fourth-order valence-electron chi connectivity index (χ4n) is 6.14. The van der Waals surface area contributed by atoms with E-state index in [1.54, 1.807) is 6.92 Å². The van der Waals surface area contributed by atoms with Crippen LogP contribution in [0.3, 0.4) is 0 Å². The topological polar surface area (TPSA) is 277 Å². The normalized spacial score (nSPS) is 30.3. The van der Waals surface area contributed by atoms with Crippen LogP contribution in [-0.4, -0.2) is 149 Å². The minimum absolute atomic E-state index is 0. The van der Waals surface area contributed by atoms with E-state index in [0.717, 1.165) is 0 Å². The summed E-state index contributed by atoms with van der Waals surface area (Å²) in [7, 11) is -5.61. The molecule has 2 fully saturated rings. The number of carbonyl (C=O) groups excluding carboxylic acids is 2. The molecule has 0 saturated carbocycles. The van der Waals surface area contributed by atoms with Gasteiger partial charge in [-0.2, -0.15) is 11.8 Å². The van der Waals surface area contributed by atoms with Crippen molar-refractivity contribution in [2.75, 3.05) is 43.2 Å². The van der Waals surface area contributed by atoms with Crippen molar-refractivity contribution in [1.29, 1.82) is 0 Å². The minimum Gasteiger partial charge on any atom is -0.726 e. The molecule has 2 aromatic rings. The number of hydrogen-bond acceptors (Lipinski definition) is 19. The van der Waals surface area contributed by atoms with Crippen LogP contribution >= 0.6 is 11.8 Å². The summed E-state index contributed by atoms with van der Waals surface area (Å²) in [6.07, 6.45) is -14.9. The maximum Gasteiger partial charge on any atom is 1.00 e. The molecule has 0 unspecified atom stereocenters. The van der Waals surface area contributed by atoms with Crippen molar-refractivity contribution >= 4 is 39.7 Å². The fourth-order valence-corrected chi connectivity index (χ4v) is 7.41. The molecule has 10 atom stereocenters. The van der Waals surface area contributed by atoms with Crippen molar-refractivity contribution in [3.63, 3.8) is 0 Å². The maximum absolute atomic E-state index is 13.5. The molecule has 3 aliphatic rings. The van der Waals surface area contributed by atoms with E-state index in [0.29, 0.717) is 29.4 Å². The summed E-state index contributed by atoms with van der Waals surface area (Å²) in [5.74, 6) is -0.750. The van der Waals surface area contributed by atoms with E-state index >= 15 is 0 Å². The van der Waals surface area contributed by atoms with Crippen LogP contribution in [0.5, 0.6) is 5.75 Å². The van der Waals surface area contributed by atoms with Crippen LogP contribution in [0.4, 0.5) is 5.69 Å². The number of imide groups is 1. The summed E-state index contributed by atoms with van der Waals surface area (Å²) >= 11 is 1.51. The minimum atomic E-state index is -5.61.